The molecule has 0 radical (unpaired) electrons. The summed E-state index contributed by atoms with van der Waals surface area (Å²) in [6, 6.07) is 16.5. The van der Waals surface area contributed by atoms with E-state index in [0.29, 0.717) is 26.1 Å². The summed E-state index contributed by atoms with van der Waals surface area (Å²) in [6.07, 6.45) is 0.0268. The molecule has 25 heavy (non-hydrogen) atoms. The molecule has 1 unspecified atom stereocenters. The first-order valence-corrected chi connectivity index (χ1v) is 9.33. The second-order valence-electron chi connectivity index (χ2n) is 6.43. The minimum Gasteiger partial charge on any atom is -0.448 e. The smallest absolute Gasteiger partial charge is 0.409 e. The zero-order valence-electron chi connectivity index (χ0n) is 13.7. The quantitative estimate of drug-likeness (QED) is 0.717. The Hall–Kier alpha value is -2.14. The third-order valence-corrected chi connectivity index (χ3v) is 5.75. The van der Waals surface area contributed by atoms with Crippen LogP contribution in [-0.2, 0) is 9.53 Å². The lowest BCUT2D eigenvalue weighted by Crippen LogP contribution is -2.45. The van der Waals surface area contributed by atoms with Crippen LogP contribution in [0, 0.1) is 0 Å². The fourth-order valence-electron chi connectivity index (χ4n) is 3.64. The van der Waals surface area contributed by atoms with E-state index in [1.165, 1.54) is 22.3 Å². The molecule has 1 aliphatic carbocycles. The van der Waals surface area contributed by atoms with Gasteiger partial charge >= 0.3 is 6.09 Å². The van der Waals surface area contributed by atoms with Crippen molar-refractivity contribution in [1.82, 2.24) is 4.90 Å². The van der Waals surface area contributed by atoms with Crippen LogP contribution in [0.5, 0.6) is 0 Å². The minimum atomic E-state index is -0.348. The molecule has 5 heteroatoms. The third-order valence-electron chi connectivity index (χ3n) is 4.95. The molecule has 2 aliphatic rings. The summed E-state index contributed by atoms with van der Waals surface area (Å²) in [5, 5.41) is 0. The number of likely N-dealkylation sites (tertiary alicyclic amines) is 1. The van der Waals surface area contributed by atoms with Gasteiger partial charge in [-0.1, -0.05) is 64.5 Å². The summed E-state index contributed by atoms with van der Waals surface area (Å²) < 4.78 is 5.62. The number of hydrogen-bond acceptors (Lipinski definition) is 3. The average molecular weight is 400 g/mol. The molecule has 1 fully saturated rings. The topological polar surface area (TPSA) is 46.6 Å². The van der Waals surface area contributed by atoms with E-state index in [0.717, 1.165) is 0 Å². The van der Waals surface area contributed by atoms with Gasteiger partial charge < -0.3 is 9.64 Å². The fraction of sp³-hybridized carbons (Fsp3) is 0.300. The van der Waals surface area contributed by atoms with E-state index >= 15 is 0 Å². The number of carbonyl (C=O) groups is 2. The molecule has 0 aromatic heterocycles. The molecule has 1 aliphatic heterocycles. The molecular weight excluding hydrogens is 382 g/mol. The molecule has 1 heterocycles. The van der Waals surface area contributed by atoms with E-state index in [2.05, 4.69) is 40.2 Å². The van der Waals surface area contributed by atoms with Gasteiger partial charge in [0.1, 0.15) is 12.4 Å². The Morgan fingerprint density at radius 1 is 1.08 bits per heavy atom. The SMILES string of the molecule is O=C1CCN(C(=O)OCC2c3ccccc3-c3ccccc32)CC1Br. The highest BCUT2D eigenvalue weighted by Crippen LogP contribution is 2.44. The maximum Gasteiger partial charge on any atom is 0.409 e. The van der Waals surface area contributed by atoms with E-state index < -0.39 is 0 Å². The Labute approximate surface area is 154 Å². The number of fused-ring (bicyclic) bond motifs is 3. The van der Waals surface area contributed by atoms with Crippen molar-refractivity contribution in [2.75, 3.05) is 19.7 Å². The van der Waals surface area contributed by atoms with Gasteiger partial charge in [-0.3, -0.25) is 4.79 Å². The van der Waals surface area contributed by atoms with Crippen molar-refractivity contribution in [3.8, 4) is 11.1 Å². The van der Waals surface area contributed by atoms with Crippen molar-refractivity contribution >= 4 is 27.8 Å². The highest BCUT2D eigenvalue weighted by molar-refractivity contribution is 9.10. The number of alkyl halides is 1. The second kappa shape index (κ2) is 6.64. The maximum atomic E-state index is 12.4. The largest absolute Gasteiger partial charge is 0.448 e. The molecule has 0 saturated carbocycles. The van der Waals surface area contributed by atoms with Gasteiger partial charge in [0, 0.05) is 25.4 Å². The number of ketones is 1. The molecule has 128 valence electrons. The van der Waals surface area contributed by atoms with Crippen LogP contribution in [0.2, 0.25) is 0 Å². The maximum absolute atomic E-state index is 12.4. The van der Waals surface area contributed by atoms with Crippen LogP contribution in [0.1, 0.15) is 23.5 Å². The van der Waals surface area contributed by atoms with Crippen LogP contribution in [0.4, 0.5) is 4.79 Å². The molecule has 4 nitrogen and oxygen atoms in total. The number of piperidine rings is 1. The number of amides is 1. The Morgan fingerprint density at radius 2 is 1.68 bits per heavy atom. The van der Waals surface area contributed by atoms with Crippen LogP contribution in [0.3, 0.4) is 0 Å². The molecule has 0 spiro atoms. The number of halogens is 1. The molecule has 1 amide bonds. The molecule has 0 N–H and O–H groups in total. The summed E-state index contributed by atoms with van der Waals surface area (Å²) in [6.45, 7) is 1.11. The lowest BCUT2D eigenvalue weighted by atomic mass is 9.98. The molecule has 4 rings (SSSR count). The van der Waals surface area contributed by atoms with Gasteiger partial charge in [0.2, 0.25) is 0 Å². The van der Waals surface area contributed by atoms with E-state index in [1.54, 1.807) is 4.90 Å². The van der Waals surface area contributed by atoms with Crippen LogP contribution in [0.15, 0.2) is 48.5 Å². The van der Waals surface area contributed by atoms with Crippen molar-refractivity contribution in [1.29, 1.82) is 0 Å². The van der Waals surface area contributed by atoms with Gasteiger partial charge in [-0.15, -0.1) is 0 Å². The van der Waals surface area contributed by atoms with Crippen molar-refractivity contribution in [2.45, 2.75) is 17.2 Å². The number of benzene rings is 2. The number of nitrogens with zero attached hydrogens (tertiary/aromatic N) is 1. The van der Waals surface area contributed by atoms with Gasteiger partial charge in [0.25, 0.3) is 0 Å². The molecule has 2 aromatic carbocycles. The Bertz CT molecular complexity index is 790. The van der Waals surface area contributed by atoms with Crippen LogP contribution in [0.25, 0.3) is 11.1 Å². The Morgan fingerprint density at radius 3 is 2.28 bits per heavy atom. The first-order valence-electron chi connectivity index (χ1n) is 8.42. The summed E-state index contributed by atoms with van der Waals surface area (Å²) in [5.74, 6) is 0.199. The van der Waals surface area contributed by atoms with E-state index in [4.69, 9.17) is 4.74 Å². The number of carbonyl (C=O) groups excluding carboxylic acids is 2. The number of rotatable bonds is 2. The predicted octanol–water partition coefficient (Wildman–Crippen LogP) is 3.97. The molecule has 1 saturated heterocycles. The predicted molar refractivity (Wildman–Crippen MR) is 99.0 cm³/mol. The Kier molecular flexibility index (Phi) is 4.34. The van der Waals surface area contributed by atoms with E-state index in [9.17, 15) is 9.59 Å². The van der Waals surface area contributed by atoms with Gasteiger partial charge in [0.05, 0.1) is 4.83 Å². The lowest BCUT2D eigenvalue weighted by molar-refractivity contribution is -0.120. The summed E-state index contributed by atoms with van der Waals surface area (Å²) in [7, 11) is 0. The van der Waals surface area contributed by atoms with Gasteiger partial charge in [-0.05, 0) is 22.3 Å². The van der Waals surface area contributed by atoms with Crippen molar-refractivity contribution < 1.29 is 14.3 Å². The Balaban J connectivity index is 1.50. The normalized spacial score (nSPS) is 19.5. The summed E-state index contributed by atoms with van der Waals surface area (Å²) >= 11 is 3.32. The standard InChI is InChI=1S/C20H18BrNO3/c21-18-11-22(10-9-19(18)23)20(24)25-12-17-15-7-3-1-5-13(15)14-6-2-4-8-16(14)17/h1-8,17-18H,9-12H2. The first kappa shape index (κ1) is 16.3. The van der Waals surface area contributed by atoms with E-state index in [1.807, 2.05) is 24.3 Å². The summed E-state index contributed by atoms with van der Waals surface area (Å²) in [5.41, 5.74) is 4.82. The number of hydrogen-bond donors (Lipinski definition) is 0. The molecular formula is C20H18BrNO3. The molecule has 0 bridgehead atoms. The van der Waals surface area contributed by atoms with Crippen molar-refractivity contribution in [3.63, 3.8) is 0 Å². The van der Waals surface area contributed by atoms with Crippen LogP contribution in [-0.4, -0.2) is 41.3 Å². The lowest BCUT2D eigenvalue weighted by Gasteiger charge is -2.28. The average Bonchev–Trinajstić information content (AvgIpc) is 2.96. The second-order valence-corrected chi connectivity index (χ2v) is 7.54. The van der Waals surface area contributed by atoms with Gasteiger partial charge in [-0.2, -0.15) is 0 Å². The monoisotopic (exact) mass is 399 g/mol. The minimum absolute atomic E-state index is 0.0579. The highest BCUT2D eigenvalue weighted by Gasteiger charge is 2.32. The highest BCUT2D eigenvalue weighted by atomic mass is 79.9. The third kappa shape index (κ3) is 2.97. The van der Waals surface area contributed by atoms with Crippen molar-refractivity contribution in [2.24, 2.45) is 0 Å². The molecule has 1 atom stereocenters. The number of ether oxygens (including phenoxy) is 1. The van der Waals surface area contributed by atoms with Gasteiger partial charge in [-0.25, -0.2) is 4.79 Å². The van der Waals surface area contributed by atoms with Crippen LogP contribution >= 0.6 is 15.9 Å². The zero-order chi connectivity index (χ0) is 17.4. The fourth-order valence-corrected chi connectivity index (χ4v) is 4.22. The first-order chi connectivity index (χ1) is 12.1. The molecule has 2 aromatic rings. The van der Waals surface area contributed by atoms with Crippen LogP contribution < -0.4 is 0 Å². The zero-order valence-corrected chi connectivity index (χ0v) is 15.2. The number of Topliss-reactive ketones (excluding diaryl/α,β-unsaturated/α-hetero) is 1. The van der Waals surface area contributed by atoms with Gasteiger partial charge in [0.15, 0.2) is 0 Å². The summed E-state index contributed by atoms with van der Waals surface area (Å²) in [4.78, 5) is 25.3. The van der Waals surface area contributed by atoms with Crippen molar-refractivity contribution in [3.05, 3.63) is 59.7 Å². The van der Waals surface area contributed by atoms with E-state index in [-0.39, 0.29) is 22.6 Å².